The molecule has 1 aliphatic carbocycles. The fraction of sp³-hybridized carbons (Fsp3) is 0.516. The summed E-state index contributed by atoms with van der Waals surface area (Å²) in [5, 5.41) is 13.6. The molecule has 5 rings (SSSR count). The SMILES string of the molecule is C=CCN1CC2CCCC(C1)N2C(c1ccc(C(=O)NC2CCCCCC2)cc1)c1cccc(O)c1. The number of hydrogen-bond acceptors (Lipinski definition) is 4. The number of nitrogens with one attached hydrogen (secondary N) is 1. The number of fused-ring (bicyclic) bond motifs is 2. The van der Waals surface area contributed by atoms with Gasteiger partial charge in [-0.2, -0.15) is 0 Å². The van der Waals surface area contributed by atoms with E-state index in [1.54, 1.807) is 6.07 Å². The molecular formula is C31H41N3O2. The highest BCUT2D eigenvalue weighted by molar-refractivity contribution is 5.94. The first-order chi connectivity index (χ1) is 17.6. The van der Waals surface area contributed by atoms with Gasteiger partial charge in [-0.15, -0.1) is 6.58 Å². The molecule has 3 atom stereocenters. The lowest BCUT2D eigenvalue weighted by Gasteiger charge is -2.53. The van der Waals surface area contributed by atoms with E-state index in [-0.39, 0.29) is 11.9 Å². The van der Waals surface area contributed by atoms with Crippen molar-refractivity contribution in [2.45, 2.75) is 82.0 Å². The number of hydrogen-bond donors (Lipinski definition) is 2. The van der Waals surface area contributed by atoms with Crippen LogP contribution in [0.3, 0.4) is 0 Å². The van der Waals surface area contributed by atoms with Crippen molar-refractivity contribution in [1.82, 2.24) is 15.1 Å². The van der Waals surface area contributed by atoms with Gasteiger partial charge in [0.2, 0.25) is 0 Å². The van der Waals surface area contributed by atoms with E-state index < -0.39 is 0 Å². The van der Waals surface area contributed by atoms with Gasteiger partial charge in [-0.3, -0.25) is 14.6 Å². The number of carbonyl (C=O) groups is 1. The number of rotatable bonds is 7. The van der Waals surface area contributed by atoms with E-state index in [1.807, 2.05) is 30.3 Å². The molecule has 0 spiro atoms. The Bertz CT molecular complexity index is 1010. The predicted octanol–water partition coefficient (Wildman–Crippen LogP) is 5.66. The number of amides is 1. The van der Waals surface area contributed by atoms with E-state index in [1.165, 1.54) is 50.5 Å². The molecule has 3 aliphatic rings. The van der Waals surface area contributed by atoms with Crippen molar-refractivity contribution in [3.05, 3.63) is 77.9 Å². The molecule has 192 valence electrons. The fourth-order valence-electron chi connectivity index (χ4n) is 6.72. The normalized spacial score (nSPS) is 24.6. The van der Waals surface area contributed by atoms with Gasteiger partial charge in [0, 0.05) is 43.3 Å². The van der Waals surface area contributed by atoms with Crippen LogP contribution >= 0.6 is 0 Å². The second-order valence-electron chi connectivity index (χ2n) is 11.0. The van der Waals surface area contributed by atoms with Gasteiger partial charge in [0.1, 0.15) is 5.75 Å². The molecule has 36 heavy (non-hydrogen) atoms. The van der Waals surface area contributed by atoms with Crippen LogP contribution in [0.1, 0.15) is 85.3 Å². The van der Waals surface area contributed by atoms with Crippen molar-refractivity contribution >= 4 is 5.91 Å². The summed E-state index contributed by atoms with van der Waals surface area (Å²) in [6.45, 7) is 6.97. The van der Waals surface area contributed by atoms with Crippen LogP contribution in [0.5, 0.6) is 5.75 Å². The molecule has 2 heterocycles. The van der Waals surface area contributed by atoms with Crippen molar-refractivity contribution < 1.29 is 9.90 Å². The Morgan fingerprint density at radius 3 is 2.28 bits per heavy atom. The van der Waals surface area contributed by atoms with Crippen LogP contribution in [0.4, 0.5) is 0 Å². The maximum absolute atomic E-state index is 13.0. The molecule has 3 fully saturated rings. The summed E-state index contributed by atoms with van der Waals surface area (Å²) >= 11 is 0. The van der Waals surface area contributed by atoms with E-state index in [0.717, 1.165) is 43.6 Å². The Hall–Kier alpha value is -2.63. The van der Waals surface area contributed by atoms with Crippen molar-refractivity contribution in [2.75, 3.05) is 19.6 Å². The van der Waals surface area contributed by atoms with Gasteiger partial charge in [-0.05, 0) is 61.1 Å². The Morgan fingerprint density at radius 1 is 0.944 bits per heavy atom. The highest BCUT2D eigenvalue weighted by Crippen LogP contribution is 2.40. The molecule has 2 saturated heterocycles. The van der Waals surface area contributed by atoms with Crippen LogP contribution in [-0.2, 0) is 0 Å². The summed E-state index contributed by atoms with van der Waals surface area (Å²) in [4.78, 5) is 18.2. The van der Waals surface area contributed by atoms with Crippen molar-refractivity contribution in [3.8, 4) is 5.75 Å². The van der Waals surface area contributed by atoms with Gasteiger partial charge in [-0.1, -0.05) is 62.4 Å². The van der Waals surface area contributed by atoms with Gasteiger partial charge in [-0.25, -0.2) is 0 Å². The second-order valence-corrected chi connectivity index (χ2v) is 11.0. The third-order valence-electron chi connectivity index (χ3n) is 8.41. The first-order valence-electron chi connectivity index (χ1n) is 13.9. The number of phenols is 1. The lowest BCUT2D eigenvalue weighted by Crippen LogP contribution is -2.61. The predicted molar refractivity (Wildman–Crippen MR) is 145 cm³/mol. The highest BCUT2D eigenvalue weighted by Gasteiger charge is 2.41. The third-order valence-corrected chi connectivity index (χ3v) is 8.41. The highest BCUT2D eigenvalue weighted by atomic mass is 16.3. The molecule has 2 N–H and O–H groups in total. The third kappa shape index (κ3) is 5.68. The average molecular weight is 488 g/mol. The number of benzene rings is 2. The first-order valence-corrected chi connectivity index (χ1v) is 13.9. The molecule has 5 heteroatoms. The van der Waals surface area contributed by atoms with Crippen LogP contribution < -0.4 is 5.32 Å². The minimum Gasteiger partial charge on any atom is -0.508 e. The number of phenolic OH excluding ortho intramolecular Hbond substituents is 1. The maximum Gasteiger partial charge on any atom is 0.251 e. The summed E-state index contributed by atoms with van der Waals surface area (Å²) in [7, 11) is 0. The van der Waals surface area contributed by atoms with Crippen LogP contribution in [-0.4, -0.2) is 58.6 Å². The number of nitrogens with zero attached hydrogens (tertiary/aromatic N) is 2. The van der Waals surface area contributed by atoms with Gasteiger partial charge in [0.25, 0.3) is 5.91 Å². The van der Waals surface area contributed by atoms with Crippen molar-refractivity contribution in [1.29, 1.82) is 0 Å². The first kappa shape index (κ1) is 25.0. The molecule has 2 aromatic carbocycles. The van der Waals surface area contributed by atoms with E-state index >= 15 is 0 Å². The van der Waals surface area contributed by atoms with E-state index in [4.69, 9.17) is 0 Å². The van der Waals surface area contributed by atoms with Gasteiger partial charge >= 0.3 is 0 Å². The molecule has 2 aromatic rings. The Kier molecular flexibility index (Phi) is 8.08. The fourth-order valence-corrected chi connectivity index (χ4v) is 6.72. The smallest absolute Gasteiger partial charge is 0.251 e. The molecule has 0 radical (unpaired) electrons. The van der Waals surface area contributed by atoms with E-state index in [9.17, 15) is 9.90 Å². The summed E-state index contributed by atoms with van der Waals surface area (Å²) in [5.74, 6) is 0.338. The minimum absolute atomic E-state index is 0.0391. The Morgan fingerprint density at radius 2 is 1.64 bits per heavy atom. The monoisotopic (exact) mass is 487 g/mol. The van der Waals surface area contributed by atoms with Crippen molar-refractivity contribution in [2.24, 2.45) is 0 Å². The molecule has 2 bridgehead atoms. The van der Waals surface area contributed by atoms with Gasteiger partial charge in [0.15, 0.2) is 0 Å². The molecule has 1 saturated carbocycles. The molecule has 5 nitrogen and oxygen atoms in total. The quantitative estimate of drug-likeness (QED) is 0.391. The van der Waals surface area contributed by atoms with Crippen LogP contribution in [0.25, 0.3) is 0 Å². The maximum atomic E-state index is 13.0. The number of piperazine rings is 1. The number of carbonyl (C=O) groups excluding carboxylic acids is 1. The minimum atomic E-state index is 0.0391. The van der Waals surface area contributed by atoms with E-state index in [0.29, 0.717) is 23.9 Å². The molecule has 1 amide bonds. The Balaban J connectivity index is 1.40. The number of likely N-dealkylation sites (tertiary alicyclic amines) is 1. The zero-order valence-electron chi connectivity index (χ0n) is 21.4. The van der Waals surface area contributed by atoms with Gasteiger partial charge in [0.05, 0.1) is 6.04 Å². The number of aromatic hydroxyl groups is 1. The number of piperidine rings is 1. The topological polar surface area (TPSA) is 55.8 Å². The molecule has 2 aliphatic heterocycles. The van der Waals surface area contributed by atoms with E-state index in [2.05, 4.69) is 39.9 Å². The lowest BCUT2D eigenvalue weighted by atomic mass is 9.85. The van der Waals surface area contributed by atoms with Crippen LogP contribution in [0.2, 0.25) is 0 Å². The summed E-state index contributed by atoms with van der Waals surface area (Å²) in [6, 6.07) is 17.2. The molecular weight excluding hydrogens is 446 g/mol. The summed E-state index contributed by atoms with van der Waals surface area (Å²) in [5.41, 5.74) is 3.02. The van der Waals surface area contributed by atoms with Crippen LogP contribution in [0.15, 0.2) is 61.2 Å². The Labute approximate surface area is 216 Å². The summed E-state index contributed by atoms with van der Waals surface area (Å²) < 4.78 is 0. The van der Waals surface area contributed by atoms with Gasteiger partial charge < -0.3 is 10.4 Å². The second kappa shape index (κ2) is 11.6. The molecule has 0 aromatic heterocycles. The largest absolute Gasteiger partial charge is 0.508 e. The zero-order valence-corrected chi connectivity index (χ0v) is 21.4. The van der Waals surface area contributed by atoms with Crippen molar-refractivity contribution in [3.63, 3.8) is 0 Å². The standard InChI is InChI=1S/C31H41N3O2/c1-2-19-33-21-27-12-8-13-28(22-33)34(27)30(25-9-7-14-29(35)20-25)23-15-17-24(18-16-23)31(36)32-26-10-5-3-4-6-11-26/h2,7,9,14-18,20,26-28,30,35H,1,3-6,8,10-13,19,21-22H2,(H,32,36). The zero-order chi connectivity index (χ0) is 24.9. The average Bonchev–Trinajstić information content (AvgIpc) is 3.14. The van der Waals surface area contributed by atoms with Crippen LogP contribution in [0, 0.1) is 0 Å². The molecule has 3 unspecified atom stereocenters. The summed E-state index contributed by atoms with van der Waals surface area (Å²) in [6.07, 6.45) is 12.8. The lowest BCUT2D eigenvalue weighted by molar-refractivity contribution is -0.0250.